The minimum atomic E-state index is -1.03. The Kier molecular flexibility index (Phi) is 2.48. The molecule has 2 nitrogen and oxygen atoms in total. The Hall–Kier alpha value is -1.61. The van der Waals surface area contributed by atoms with E-state index in [9.17, 15) is 4.21 Å². The average Bonchev–Trinajstić information content (AvgIpc) is 2.46. The Bertz CT molecular complexity index is 605. The van der Waals surface area contributed by atoms with Crippen LogP contribution in [0.2, 0.25) is 0 Å². The van der Waals surface area contributed by atoms with E-state index in [2.05, 4.69) is 0 Å². The summed E-state index contributed by atoms with van der Waals surface area (Å²) in [7, 11) is -1.03. The van der Waals surface area contributed by atoms with Crippen LogP contribution in [0.15, 0.2) is 47.4 Å². The van der Waals surface area contributed by atoms with Crippen LogP contribution in [-0.2, 0) is 16.6 Å². The van der Waals surface area contributed by atoms with Crippen LogP contribution in [0.4, 0.5) is 0 Å². The Balaban J connectivity index is 2.17. The minimum Gasteiger partial charge on any atom is -0.456 e. The Morgan fingerprint density at radius 2 is 1.94 bits per heavy atom. The van der Waals surface area contributed by atoms with Crippen LogP contribution in [0.1, 0.15) is 11.1 Å². The summed E-state index contributed by atoms with van der Waals surface area (Å²) in [4.78, 5) is 0.793. The van der Waals surface area contributed by atoms with Gasteiger partial charge < -0.3 is 4.74 Å². The van der Waals surface area contributed by atoms with Gasteiger partial charge in [-0.05, 0) is 30.7 Å². The summed E-state index contributed by atoms with van der Waals surface area (Å²) in [5, 5.41) is 0. The summed E-state index contributed by atoms with van der Waals surface area (Å²) in [6.45, 7) is 2.00. The molecule has 86 valence electrons. The number of rotatable bonds is 0. The van der Waals surface area contributed by atoms with Gasteiger partial charge in [0.1, 0.15) is 11.5 Å². The first kappa shape index (κ1) is 10.5. The Morgan fingerprint density at radius 1 is 1.12 bits per heavy atom. The second-order valence-corrected chi connectivity index (χ2v) is 5.57. The summed E-state index contributed by atoms with van der Waals surface area (Å²) in [6.07, 6.45) is 0. The molecule has 0 saturated heterocycles. The van der Waals surface area contributed by atoms with Gasteiger partial charge in [0.25, 0.3) is 0 Å². The molecule has 2 aromatic rings. The summed E-state index contributed by atoms with van der Waals surface area (Å²) in [5.41, 5.74) is 2.10. The van der Waals surface area contributed by atoms with Gasteiger partial charge in [0.05, 0.1) is 21.4 Å². The fraction of sp³-hybridized carbons (Fsp3) is 0.143. The highest BCUT2D eigenvalue weighted by molar-refractivity contribution is 7.84. The van der Waals surface area contributed by atoms with Crippen molar-refractivity contribution in [2.24, 2.45) is 0 Å². The molecule has 0 spiro atoms. The van der Waals surface area contributed by atoms with E-state index in [4.69, 9.17) is 4.74 Å². The fourth-order valence-electron chi connectivity index (χ4n) is 1.94. The molecule has 3 heteroatoms. The molecule has 1 unspecified atom stereocenters. The van der Waals surface area contributed by atoms with Gasteiger partial charge in [0.15, 0.2) is 0 Å². The molecule has 2 aromatic carbocycles. The molecule has 0 amide bonds. The highest BCUT2D eigenvalue weighted by Crippen LogP contribution is 2.35. The summed E-state index contributed by atoms with van der Waals surface area (Å²) in [5.74, 6) is 2.04. The van der Waals surface area contributed by atoms with E-state index < -0.39 is 10.8 Å². The van der Waals surface area contributed by atoms with Crippen molar-refractivity contribution in [3.63, 3.8) is 0 Å². The molecule has 1 atom stereocenters. The van der Waals surface area contributed by atoms with E-state index in [1.54, 1.807) is 0 Å². The van der Waals surface area contributed by atoms with E-state index in [0.717, 1.165) is 21.8 Å². The number of fused-ring (bicyclic) bond motifs is 2. The molecular formula is C14H12O2S. The van der Waals surface area contributed by atoms with Crippen LogP contribution in [-0.4, -0.2) is 4.21 Å². The Morgan fingerprint density at radius 3 is 2.82 bits per heavy atom. The van der Waals surface area contributed by atoms with Crippen LogP contribution >= 0.6 is 0 Å². The molecule has 17 heavy (non-hydrogen) atoms. The van der Waals surface area contributed by atoms with Crippen LogP contribution < -0.4 is 4.74 Å². The van der Waals surface area contributed by atoms with Gasteiger partial charge in [-0.3, -0.25) is 4.21 Å². The maximum absolute atomic E-state index is 12.3. The van der Waals surface area contributed by atoms with Crippen molar-refractivity contribution in [1.29, 1.82) is 0 Å². The topological polar surface area (TPSA) is 26.3 Å². The van der Waals surface area contributed by atoms with Crippen molar-refractivity contribution in [3.8, 4) is 11.5 Å². The maximum Gasteiger partial charge on any atom is 0.143 e. The first-order valence-electron chi connectivity index (χ1n) is 5.49. The van der Waals surface area contributed by atoms with E-state index in [1.165, 1.54) is 0 Å². The van der Waals surface area contributed by atoms with Crippen LogP contribution in [0, 0.1) is 6.92 Å². The first-order valence-corrected chi connectivity index (χ1v) is 6.81. The predicted octanol–water partition coefficient (Wildman–Crippen LogP) is 3.41. The SMILES string of the molecule is Cc1ccc2c(c1)S(=O)Cc1ccccc1O2. The van der Waals surface area contributed by atoms with E-state index in [-0.39, 0.29) is 0 Å². The van der Waals surface area contributed by atoms with Crippen molar-refractivity contribution >= 4 is 10.8 Å². The molecule has 0 saturated carbocycles. The van der Waals surface area contributed by atoms with Gasteiger partial charge in [-0.1, -0.05) is 24.3 Å². The quantitative estimate of drug-likeness (QED) is 0.710. The lowest BCUT2D eigenvalue weighted by molar-refractivity contribution is 0.469. The van der Waals surface area contributed by atoms with Crippen molar-refractivity contribution < 1.29 is 8.95 Å². The molecule has 3 rings (SSSR count). The second kappa shape index (κ2) is 4.00. The van der Waals surface area contributed by atoms with Crippen LogP contribution in [0.3, 0.4) is 0 Å². The van der Waals surface area contributed by atoms with Crippen molar-refractivity contribution in [1.82, 2.24) is 0 Å². The third-order valence-electron chi connectivity index (χ3n) is 2.82. The molecule has 0 aromatic heterocycles. The number of benzene rings is 2. The molecule has 1 aliphatic rings. The highest BCUT2D eigenvalue weighted by atomic mass is 32.2. The van der Waals surface area contributed by atoms with Crippen molar-refractivity contribution in [3.05, 3.63) is 53.6 Å². The smallest absolute Gasteiger partial charge is 0.143 e. The standard InChI is InChI=1S/C14H12O2S/c1-10-6-7-13-14(8-10)17(15)9-11-4-2-3-5-12(11)16-13/h2-8H,9H2,1H3. The Labute approximate surface area is 103 Å². The lowest BCUT2D eigenvalue weighted by Gasteiger charge is -2.07. The van der Waals surface area contributed by atoms with Crippen LogP contribution in [0.5, 0.6) is 11.5 Å². The molecule has 1 heterocycles. The van der Waals surface area contributed by atoms with E-state index in [0.29, 0.717) is 11.5 Å². The van der Waals surface area contributed by atoms with E-state index >= 15 is 0 Å². The molecule has 0 bridgehead atoms. The summed E-state index contributed by atoms with van der Waals surface area (Å²) >= 11 is 0. The highest BCUT2D eigenvalue weighted by Gasteiger charge is 2.19. The number of ether oxygens (including phenoxy) is 1. The van der Waals surface area contributed by atoms with Gasteiger partial charge in [-0.2, -0.15) is 0 Å². The number of hydrogen-bond donors (Lipinski definition) is 0. The zero-order valence-corrected chi connectivity index (χ0v) is 10.3. The largest absolute Gasteiger partial charge is 0.456 e. The second-order valence-electron chi connectivity index (χ2n) is 4.15. The van der Waals surface area contributed by atoms with Gasteiger partial charge in [0.2, 0.25) is 0 Å². The molecule has 0 aliphatic carbocycles. The monoisotopic (exact) mass is 244 g/mol. The molecule has 0 fully saturated rings. The zero-order chi connectivity index (χ0) is 11.8. The number of para-hydroxylation sites is 1. The third kappa shape index (κ3) is 1.87. The van der Waals surface area contributed by atoms with E-state index in [1.807, 2.05) is 49.4 Å². The van der Waals surface area contributed by atoms with Gasteiger partial charge in [-0.15, -0.1) is 0 Å². The normalized spacial score (nSPS) is 17.6. The minimum absolute atomic E-state index is 0.520. The average molecular weight is 244 g/mol. The summed E-state index contributed by atoms with van der Waals surface area (Å²) < 4.78 is 18.1. The molecule has 1 aliphatic heterocycles. The van der Waals surface area contributed by atoms with Gasteiger partial charge in [-0.25, -0.2) is 0 Å². The van der Waals surface area contributed by atoms with Crippen LogP contribution in [0.25, 0.3) is 0 Å². The molecule has 0 radical (unpaired) electrons. The zero-order valence-electron chi connectivity index (χ0n) is 9.47. The predicted molar refractivity (Wildman–Crippen MR) is 67.8 cm³/mol. The third-order valence-corrected chi connectivity index (χ3v) is 4.21. The van der Waals surface area contributed by atoms with Crippen molar-refractivity contribution in [2.75, 3.05) is 0 Å². The lowest BCUT2D eigenvalue weighted by Crippen LogP contribution is -1.94. The maximum atomic E-state index is 12.3. The van der Waals surface area contributed by atoms with Gasteiger partial charge in [0, 0.05) is 5.56 Å². The number of aryl methyl sites for hydroxylation is 1. The lowest BCUT2D eigenvalue weighted by atomic mass is 10.2. The number of hydrogen-bond acceptors (Lipinski definition) is 2. The fourth-order valence-corrected chi connectivity index (χ4v) is 3.27. The molecular weight excluding hydrogens is 232 g/mol. The van der Waals surface area contributed by atoms with Gasteiger partial charge >= 0.3 is 0 Å². The van der Waals surface area contributed by atoms with Crippen molar-refractivity contribution in [2.45, 2.75) is 17.6 Å². The first-order chi connectivity index (χ1) is 8.24. The summed E-state index contributed by atoms with van der Waals surface area (Å²) in [6, 6.07) is 13.6. The molecule has 0 N–H and O–H groups in total.